The van der Waals surface area contributed by atoms with E-state index in [1.807, 2.05) is 19.1 Å². The fourth-order valence-corrected chi connectivity index (χ4v) is 3.37. The van der Waals surface area contributed by atoms with Crippen LogP contribution in [-0.4, -0.2) is 37.0 Å². The number of rotatable bonds is 7. The first-order chi connectivity index (χ1) is 12.2. The lowest BCUT2D eigenvalue weighted by Gasteiger charge is -2.14. The largest absolute Gasteiger partial charge is 0.496 e. The maximum atomic E-state index is 11.8. The Hall–Kier alpha value is -2.09. The number of carbonyl (C=O) groups is 1. The maximum Gasteiger partial charge on any atom is 0.247 e. The van der Waals surface area contributed by atoms with E-state index in [0.29, 0.717) is 6.61 Å². The minimum atomic E-state index is -0.122. The smallest absolute Gasteiger partial charge is 0.247 e. The molecule has 1 aliphatic rings. The third-order valence-corrected chi connectivity index (χ3v) is 4.51. The zero-order valence-electron chi connectivity index (χ0n) is 15.0. The molecule has 1 aromatic carbocycles. The van der Waals surface area contributed by atoms with Gasteiger partial charge in [0.25, 0.3) is 0 Å². The second-order valence-electron chi connectivity index (χ2n) is 6.04. The van der Waals surface area contributed by atoms with E-state index >= 15 is 0 Å². The Morgan fingerprint density at radius 1 is 1.36 bits per heavy atom. The summed E-state index contributed by atoms with van der Waals surface area (Å²) in [7, 11) is 1.69. The predicted octanol–water partition coefficient (Wildman–Crippen LogP) is 1.69. The molecule has 2 aromatic rings. The van der Waals surface area contributed by atoms with Gasteiger partial charge in [-0.05, 0) is 32.0 Å². The molecule has 7 nitrogen and oxygen atoms in total. The number of hydrogen-bond acceptors (Lipinski definition) is 5. The number of nitrogens with one attached hydrogen (secondary N) is 3. The van der Waals surface area contributed by atoms with Crippen LogP contribution < -0.4 is 20.9 Å². The highest BCUT2D eigenvalue weighted by atomic mass is 16.5. The second kappa shape index (κ2) is 7.86. The Bertz CT molecular complexity index is 743. The average molecular weight is 346 g/mol. The van der Waals surface area contributed by atoms with Crippen LogP contribution in [0.3, 0.4) is 0 Å². The number of nitrogens with zero attached hydrogens (tertiary/aromatic N) is 1. The molecule has 0 spiro atoms. The predicted molar refractivity (Wildman–Crippen MR) is 96.2 cm³/mol. The number of carbonyl (C=O) groups excluding carboxylic acids is 1. The lowest BCUT2D eigenvalue weighted by Crippen LogP contribution is -2.45. The number of hydrogen-bond donors (Lipinski definition) is 3. The van der Waals surface area contributed by atoms with Crippen LogP contribution in [0.1, 0.15) is 32.0 Å². The van der Waals surface area contributed by atoms with Crippen LogP contribution in [0.4, 0.5) is 0 Å². The molecular formula is C18H26N4O3. The highest BCUT2D eigenvalue weighted by Crippen LogP contribution is 2.33. The van der Waals surface area contributed by atoms with Crippen LogP contribution in [0.5, 0.6) is 5.75 Å². The minimum Gasteiger partial charge on any atom is -0.496 e. The number of benzene rings is 1. The summed E-state index contributed by atoms with van der Waals surface area (Å²) in [5.74, 6) is 0.762. The SMILES string of the molecule is CCOCC(=O)NC1CC(c2cc3c(OC)cccc3n2CC)NN1. The lowest BCUT2D eigenvalue weighted by molar-refractivity contribution is -0.126. The number of ether oxygens (including phenoxy) is 2. The van der Waals surface area contributed by atoms with E-state index in [9.17, 15) is 4.79 Å². The molecule has 2 heterocycles. The highest BCUT2D eigenvalue weighted by Gasteiger charge is 2.29. The third-order valence-electron chi connectivity index (χ3n) is 4.51. The lowest BCUT2D eigenvalue weighted by atomic mass is 10.1. The van der Waals surface area contributed by atoms with Crippen molar-refractivity contribution in [3.8, 4) is 5.75 Å². The Labute approximate surface area is 147 Å². The molecule has 25 heavy (non-hydrogen) atoms. The summed E-state index contributed by atoms with van der Waals surface area (Å²) < 4.78 is 12.9. The molecule has 0 bridgehead atoms. The van der Waals surface area contributed by atoms with Crippen molar-refractivity contribution in [2.75, 3.05) is 20.3 Å². The molecule has 2 atom stereocenters. The number of amides is 1. The topological polar surface area (TPSA) is 76.5 Å². The Kier molecular flexibility index (Phi) is 5.57. The van der Waals surface area contributed by atoms with Gasteiger partial charge in [0.1, 0.15) is 12.4 Å². The fourth-order valence-electron chi connectivity index (χ4n) is 3.37. The van der Waals surface area contributed by atoms with Crippen molar-refractivity contribution in [3.63, 3.8) is 0 Å². The molecular weight excluding hydrogens is 320 g/mol. The number of aryl methyl sites for hydroxylation is 1. The van der Waals surface area contributed by atoms with E-state index in [-0.39, 0.29) is 24.7 Å². The second-order valence-corrected chi connectivity index (χ2v) is 6.04. The summed E-state index contributed by atoms with van der Waals surface area (Å²) in [5, 5.41) is 4.04. The summed E-state index contributed by atoms with van der Waals surface area (Å²) in [5.41, 5.74) is 8.78. The van der Waals surface area contributed by atoms with Gasteiger partial charge in [0, 0.05) is 30.7 Å². The van der Waals surface area contributed by atoms with Crippen LogP contribution >= 0.6 is 0 Å². The van der Waals surface area contributed by atoms with Gasteiger partial charge in [-0.2, -0.15) is 0 Å². The first kappa shape index (κ1) is 17.7. The van der Waals surface area contributed by atoms with Gasteiger partial charge in [-0.3, -0.25) is 4.79 Å². The quantitative estimate of drug-likeness (QED) is 0.711. The first-order valence-electron chi connectivity index (χ1n) is 8.72. The van der Waals surface area contributed by atoms with Gasteiger partial charge in [-0.15, -0.1) is 0 Å². The van der Waals surface area contributed by atoms with Crippen molar-refractivity contribution in [1.29, 1.82) is 0 Å². The molecule has 7 heteroatoms. The molecule has 3 N–H and O–H groups in total. The van der Waals surface area contributed by atoms with E-state index < -0.39 is 0 Å². The van der Waals surface area contributed by atoms with Crippen molar-refractivity contribution in [1.82, 2.24) is 20.7 Å². The normalized spacial score (nSPS) is 20.1. The molecule has 1 saturated heterocycles. The molecule has 1 amide bonds. The van der Waals surface area contributed by atoms with Gasteiger partial charge in [0.15, 0.2) is 0 Å². The van der Waals surface area contributed by atoms with E-state index in [0.717, 1.165) is 29.6 Å². The van der Waals surface area contributed by atoms with E-state index in [1.54, 1.807) is 7.11 Å². The highest BCUT2D eigenvalue weighted by molar-refractivity contribution is 5.87. The zero-order chi connectivity index (χ0) is 17.8. The fraction of sp³-hybridized carbons (Fsp3) is 0.500. The molecule has 0 radical (unpaired) electrons. The van der Waals surface area contributed by atoms with Crippen molar-refractivity contribution in [2.24, 2.45) is 0 Å². The molecule has 1 fully saturated rings. The van der Waals surface area contributed by atoms with Crippen LogP contribution in [0.25, 0.3) is 10.9 Å². The maximum absolute atomic E-state index is 11.8. The van der Waals surface area contributed by atoms with Crippen LogP contribution in [0.15, 0.2) is 24.3 Å². The Balaban J connectivity index is 1.77. The van der Waals surface area contributed by atoms with Crippen LogP contribution in [-0.2, 0) is 16.1 Å². The van der Waals surface area contributed by atoms with Crippen LogP contribution in [0.2, 0.25) is 0 Å². The summed E-state index contributed by atoms with van der Waals surface area (Å²) in [4.78, 5) is 11.8. The van der Waals surface area contributed by atoms with Crippen molar-refractivity contribution in [3.05, 3.63) is 30.0 Å². The molecule has 3 rings (SSSR count). The van der Waals surface area contributed by atoms with Gasteiger partial charge < -0.3 is 19.4 Å². The summed E-state index contributed by atoms with van der Waals surface area (Å²) >= 11 is 0. The number of aromatic nitrogens is 1. The summed E-state index contributed by atoms with van der Waals surface area (Å²) in [6, 6.07) is 8.36. The Morgan fingerprint density at radius 3 is 2.92 bits per heavy atom. The van der Waals surface area contributed by atoms with Gasteiger partial charge in [0.05, 0.1) is 24.8 Å². The van der Waals surface area contributed by atoms with Gasteiger partial charge >= 0.3 is 0 Å². The van der Waals surface area contributed by atoms with Crippen LogP contribution in [0, 0.1) is 0 Å². The van der Waals surface area contributed by atoms with Gasteiger partial charge in [-0.1, -0.05) is 6.07 Å². The molecule has 2 unspecified atom stereocenters. The third kappa shape index (κ3) is 3.63. The zero-order valence-corrected chi connectivity index (χ0v) is 15.0. The summed E-state index contributed by atoms with van der Waals surface area (Å²) in [6.07, 6.45) is 0.638. The monoisotopic (exact) mass is 346 g/mol. The van der Waals surface area contributed by atoms with E-state index in [1.165, 1.54) is 5.69 Å². The number of methoxy groups -OCH3 is 1. The number of fused-ring (bicyclic) bond motifs is 1. The molecule has 0 saturated carbocycles. The molecule has 136 valence electrons. The standard InChI is InChI=1S/C18H26N4O3/c1-4-22-14-7-6-8-16(24-3)12(14)9-15(22)13-10-17(21-20-13)19-18(23)11-25-5-2/h6-9,13,17,20-21H,4-5,10-11H2,1-3H3,(H,19,23). The van der Waals surface area contributed by atoms with Gasteiger partial charge in [0.2, 0.25) is 5.91 Å². The van der Waals surface area contributed by atoms with Crippen molar-refractivity contribution >= 4 is 16.8 Å². The summed E-state index contributed by atoms with van der Waals surface area (Å²) in [6.45, 7) is 5.49. The number of hydrazine groups is 1. The Morgan fingerprint density at radius 2 is 2.20 bits per heavy atom. The molecule has 0 aliphatic carbocycles. The molecule has 1 aromatic heterocycles. The van der Waals surface area contributed by atoms with Crippen molar-refractivity contribution in [2.45, 2.75) is 39.0 Å². The molecule has 1 aliphatic heterocycles. The van der Waals surface area contributed by atoms with Gasteiger partial charge in [-0.25, -0.2) is 10.9 Å². The van der Waals surface area contributed by atoms with Crippen molar-refractivity contribution < 1.29 is 14.3 Å². The van der Waals surface area contributed by atoms with E-state index in [2.05, 4.69) is 39.8 Å². The first-order valence-corrected chi connectivity index (χ1v) is 8.72. The van der Waals surface area contributed by atoms with E-state index in [4.69, 9.17) is 9.47 Å². The average Bonchev–Trinajstić information content (AvgIpc) is 3.23. The minimum absolute atomic E-state index is 0.0891.